The number of nitrogens with zero attached hydrogens (tertiary/aromatic N) is 1. The maximum absolute atomic E-state index is 12.6. The number of aromatic nitrogens is 1. The average molecular weight is 191 g/mol. The fraction of sp³-hybridized carbons (Fsp3) is 0.167. The Morgan fingerprint density at radius 3 is 2.38 bits per heavy atom. The highest BCUT2D eigenvalue weighted by atomic mass is 19.3. The molecule has 1 aromatic heterocycles. The number of hydrogen-bond acceptors (Lipinski definition) is 3. The van der Waals surface area contributed by atoms with E-state index in [9.17, 15) is 13.2 Å². The lowest BCUT2D eigenvalue weighted by Crippen LogP contribution is -2.33. The van der Waals surface area contributed by atoms with Crippen LogP contribution in [-0.4, -0.2) is 22.2 Å². The van der Waals surface area contributed by atoms with Gasteiger partial charge in [-0.05, 0) is 12.1 Å². The van der Waals surface area contributed by atoms with Crippen LogP contribution in [0.4, 0.5) is 13.2 Å². The van der Waals surface area contributed by atoms with Crippen LogP contribution in [0.15, 0.2) is 12.1 Å². The first-order valence-electron chi connectivity index (χ1n) is 3.33. The van der Waals surface area contributed by atoms with Crippen LogP contribution in [0.5, 0.6) is 0 Å². The molecule has 0 saturated carbocycles. The summed E-state index contributed by atoms with van der Waals surface area (Å²) in [5.41, 5.74) is -1.48. The lowest BCUT2D eigenvalue weighted by Gasteiger charge is -2.03. The molecule has 0 aromatic carbocycles. The third-order valence-electron chi connectivity index (χ3n) is 1.37. The third kappa shape index (κ3) is 2.19. The van der Waals surface area contributed by atoms with Crippen LogP contribution in [0, 0.1) is 5.82 Å². The predicted octanol–water partition coefficient (Wildman–Crippen LogP) is -0.162. The molecular weight excluding hydrogens is 186 g/mol. The third-order valence-corrected chi connectivity index (χ3v) is 1.37. The van der Waals surface area contributed by atoms with Gasteiger partial charge in [0.25, 0.3) is 6.43 Å². The normalized spacial score (nSPS) is 10.6. The van der Waals surface area contributed by atoms with Gasteiger partial charge >= 0.3 is 7.12 Å². The van der Waals surface area contributed by atoms with Crippen molar-refractivity contribution in [2.45, 2.75) is 6.43 Å². The Labute approximate surface area is 72.0 Å². The van der Waals surface area contributed by atoms with Crippen LogP contribution >= 0.6 is 0 Å². The van der Waals surface area contributed by atoms with Gasteiger partial charge in [0.15, 0.2) is 5.82 Å². The van der Waals surface area contributed by atoms with E-state index in [4.69, 9.17) is 10.0 Å². The van der Waals surface area contributed by atoms with E-state index in [-0.39, 0.29) is 0 Å². The standard InChI is InChI=1S/C6H5BF3NO2/c8-3-1-2-4(7(12)13)11-5(3)6(9)10/h1-2,6,12-13H. The van der Waals surface area contributed by atoms with Gasteiger partial charge < -0.3 is 10.0 Å². The second-order valence-electron chi connectivity index (χ2n) is 2.28. The quantitative estimate of drug-likeness (QED) is 0.638. The minimum absolute atomic E-state index is 0.406. The Morgan fingerprint density at radius 2 is 1.92 bits per heavy atom. The maximum atomic E-state index is 12.6. The molecule has 0 unspecified atom stereocenters. The molecule has 70 valence electrons. The Hall–Kier alpha value is -1.08. The molecule has 0 saturated heterocycles. The topological polar surface area (TPSA) is 53.4 Å². The van der Waals surface area contributed by atoms with E-state index < -0.39 is 30.6 Å². The highest BCUT2D eigenvalue weighted by Gasteiger charge is 2.20. The first-order valence-corrected chi connectivity index (χ1v) is 3.33. The summed E-state index contributed by atoms with van der Waals surface area (Å²) in [7, 11) is -1.97. The van der Waals surface area contributed by atoms with Crippen molar-refractivity contribution in [2.24, 2.45) is 0 Å². The molecule has 1 heterocycles. The highest BCUT2D eigenvalue weighted by Crippen LogP contribution is 2.17. The molecule has 0 fully saturated rings. The number of alkyl halides is 2. The molecule has 0 spiro atoms. The van der Waals surface area contributed by atoms with E-state index in [1.807, 2.05) is 0 Å². The molecular formula is C6H5BF3NO2. The minimum Gasteiger partial charge on any atom is -0.422 e. The molecule has 0 amide bonds. The van der Waals surface area contributed by atoms with Crippen molar-refractivity contribution in [2.75, 3.05) is 0 Å². The van der Waals surface area contributed by atoms with Crippen molar-refractivity contribution in [3.63, 3.8) is 0 Å². The fourth-order valence-corrected chi connectivity index (χ4v) is 0.771. The summed E-state index contributed by atoms with van der Waals surface area (Å²) in [6.45, 7) is 0. The summed E-state index contributed by atoms with van der Waals surface area (Å²) in [5, 5.41) is 17.1. The predicted molar refractivity (Wildman–Crippen MR) is 39.0 cm³/mol. The SMILES string of the molecule is OB(O)c1ccc(F)c(C(F)F)n1. The molecule has 0 bridgehead atoms. The second kappa shape index (κ2) is 3.76. The average Bonchev–Trinajstić information content (AvgIpc) is 2.04. The zero-order valence-corrected chi connectivity index (χ0v) is 6.28. The molecule has 0 aliphatic heterocycles. The fourth-order valence-electron chi connectivity index (χ4n) is 0.771. The first-order chi connectivity index (χ1) is 6.02. The van der Waals surface area contributed by atoms with Crippen molar-refractivity contribution in [1.82, 2.24) is 4.98 Å². The first kappa shape index (κ1) is 10.0. The maximum Gasteiger partial charge on any atom is 0.508 e. The molecule has 0 radical (unpaired) electrons. The monoisotopic (exact) mass is 191 g/mol. The largest absolute Gasteiger partial charge is 0.508 e. The Balaban J connectivity index is 3.11. The number of rotatable bonds is 2. The van der Waals surface area contributed by atoms with Gasteiger partial charge in [-0.2, -0.15) is 0 Å². The second-order valence-corrected chi connectivity index (χ2v) is 2.28. The van der Waals surface area contributed by atoms with E-state index in [1.165, 1.54) is 0 Å². The molecule has 2 N–H and O–H groups in total. The summed E-state index contributed by atoms with van der Waals surface area (Å²) in [6.07, 6.45) is -3.07. The molecule has 0 aliphatic rings. The van der Waals surface area contributed by atoms with Crippen LogP contribution in [0.1, 0.15) is 12.1 Å². The molecule has 1 rings (SSSR count). The molecule has 0 atom stereocenters. The van der Waals surface area contributed by atoms with Gasteiger partial charge in [-0.25, -0.2) is 13.2 Å². The summed E-state index contributed by atoms with van der Waals surface area (Å²) >= 11 is 0. The zero-order valence-electron chi connectivity index (χ0n) is 6.28. The lowest BCUT2D eigenvalue weighted by atomic mass is 9.85. The molecule has 7 heteroatoms. The van der Waals surface area contributed by atoms with Gasteiger partial charge in [0.05, 0.1) is 5.59 Å². The van der Waals surface area contributed by atoms with Crippen LogP contribution in [0.2, 0.25) is 0 Å². The number of hydrogen-bond donors (Lipinski definition) is 2. The summed E-state index contributed by atoms with van der Waals surface area (Å²) in [5.74, 6) is -1.17. The summed E-state index contributed by atoms with van der Waals surface area (Å²) in [4.78, 5) is 3.05. The molecule has 13 heavy (non-hydrogen) atoms. The van der Waals surface area contributed by atoms with Crippen LogP contribution in [-0.2, 0) is 0 Å². The highest BCUT2D eigenvalue weighted by molar-refractivity contribution is 6.57. The van der Waals surface area contributed by atoms with Crippen molar-refractivity contribution in [1.29, 1.82) is 0 Å². The molecule has 1 aromatic rings. The molecule has 0 aliphatic carbocycles. The van der Waals surface area contributed by atoms with Crippen LogP contribution in [0.3, 0.4) is 0 Å². The van der Waals surface area contributed by atoms with Gasteiger partial charge in [0.2, 0.25) is 0 Å². The Bertz CT molecular complexity index is 308. The lowest BCUT2D eigenvalue weighted by molar-refractivity contribution is 0.141. The van der Waals surface area contributed by atoms with E-state index in [2.05, 4.69) is 4.98 Å². The van der Waals surface area contributed by atoms with Gasteiger partial charge in [0, 0.05) is 0 Å². The van der Waals surface area contributed by atoms with Crippen molar-refractivity contribution in [3.8, 4) is 0 Å². The van der Waals surface area contributed by atoms with E-state index in [0.717, 1.165) is 6.07 Å². The van der Waals surface area contributed by atoms with Gasteiger partial charge in [-0.15, -0.1) is 0 Å². The van der Waals surface area contributed by atoms with Crippen molar-refractivity contribution < 1.29 is 23.2 Å². The van der Waals surface area contributed by atoms with Crippen molar-refractivity contribution in [3.05, 3.63) is 23.6 Å². The minimum atomic E-state index is -3.07. The summed E-state index contributed by atoms with van der Waals surface area (Å²) in [6, 6.07) is 1.63. The van der Waals surface area contributed by atoms with E-state index in [0.29, 0.717) is 6.07 Å². The number of halogens is 3. The zero-order chi connectivity index (χ0) is 10.0. The van der Waals surface area contributed by atoms with Crippen LogP contribution < -0.4 is 5.59 Å². The Morgan fingerprint density at radius 1 is 1.31 bits per heavy atom. The molecule has 3 nitrogen and oxygen atoms in total. The van der Waals surface area contributed by atoms with Gasteiger partial charge in [-0.3, -0.25) is 4.98 Å². The number of pyridine rings is 1. The van der Waals surface area contributed by atoms with E-state index >= 15 is 0 Å². The van der Waals surface area contributed by atoms with Crippen molar-refractivity contribution >= 4 is 12.7 Å². The summed E-state index contributed by atoms with van der Waals surface area (Å²) < 4.78 is 36.6. The van der Waals surface area contributed by atoms with Crippen LogP contribution in [0.25, 0.3) is 0 Å². The smallest absolute Gasteiger partial charge is 0.422 e. The van der Waals surface area contributed by atoms with Gasteiger partial charge in [0.1, 0.15) is 5.69 Å². The van der Waals surface area contributed by atoms with E-state index in [1.54, 1.807) is 0 Å². The van der Waals surface area contributed by atoms with Gasteiger partial charge in [-0.1, -0.05) is 0 Å². The Kier molecular flexibility index (Phi) is 2.89.